The lowest BCUT2D eigenvalue weighted by atomic mass is 10.0. The number of hydrogen-bond acceptors (Lipinski definition) is 8. The molecule has 0 aromatic heterocycles. The first-order valence-corrected chi connectivity index (χ1v) is 6.16. The highest BCUT2D eigenvalue weighted by Crippen LogP contribution is 2.29. The lowest BCUT2D eigenvalue weighted by Crippen LogP contribution is -2.55. The molecule has 20 heavy (non-hydrogen) atoms. The van der Waals surface area contributed by atoms with E-state index in [2.05, 4.69) is 5.32 Å². The van der Waals surface area contributed by atoms with Crippen molar-refractivity contribution in [3.05, 3.63) is 28.4 Å². The predicted molar refractivity (Wildman–Crippen MR) is 70.5 cm³/mol. The number of ether oxygens (including phenoxy) is 1. The van der Waals surface area contributed by atoms with Crippen LogP contribution in [-0.2, 0) is 4.74 Å². The fourth-order valence-electron chi connectivity index (χ4n) is 1.85. The van der Waals surface area contributed by atoms with E-state index in [4.69, 9.17) is 21.5 Å². The smallest absolute Gasteiger partial charge is 0.156 e. The van der Waals surface area contributed by atoms with E-state index in [1.54, 1.807) is 0 Å². The molecule has 9 heteroatoms. The number of nitrogens with one attached hydrogen (secondary N) is 1. The molecule has 1 aromatic rings. The maximum Gasteiger partial charge on any atom is 0.156 e. The van der Waals surface area contributed by atoms with Crippen LogP contribution < -0.4 is 10.5 Å². The Morgan fingerprint density at radius 1 is 1.30 bits per heavy atom. The molecule has 0 spiro atoms. The molecular formula is C11H14ClN2O6-. The molecule has 1 aromatic carbocycles. The van der Waals surface area contributed by atoms with Crippen LogP contribution in [0.25, 0.3) is 0 Å². The van der Waals surface area contributed by atoms with Gasteiger partial charge in [0.25, 0.3) is 0 Å². The standard InChI is InChI=1S/C11H14ClN2O6/c12-6-2-1-5(3-7(6)14(18)19)13-11-10(17)9(16)8(15)4-20-11/h1-3,8-11,13,15-18H,4H2/q-1/t8-,9-,10+,11-/m1/s1. The Bertz CT molecular complexity index is 474. The van der Waals surface area contributed by atoms with Gasteiger partial charge in [0, 0.05) is 5.69 Å². The molecule has 0 bridgehead atoms. The molecule has 4 atom stereocenters. The third-order valence-electron chi connectivity index (χ3n) is 2.96. The van der Waals surface area contributed by atoms with Crippen molar-refractivity contribution in [2.24, 2.45) is 0 Å². The van der Waals surface area contributed by atoms with Gasteiger partial charge in [-0.05, 0) is 18.2 Å². The summed E-state index contributed by atoms with van der Waals surface area (Å²) in [5.41, 5.74) is 0.162. The van der Waals surface area contributed by atoms with Gasteiger partial charge in [-0.2, -0.15) is 0 Å². The van der Waals surface area contributed by atoms with Crippen LogP contribution in [0.2, 0.25) is 5.02 Å². The summed E-state index contributed by atoms with van der Waals surface area (Å²) in [6, 6.07) is 4.13. The van der Waals surface area contributed by atoms with E-state index in [0.29, 0.717) is 5.69 Å². The fraction of sp³-hybridized carbons (Fsp3) is 0.455. The third kappa shape index (κ3) is 3.13. The van der Waals surface area contributed by atoms with Crippen molar-refractivity contribution in [3.8, 4) is 0 Å². The lowest BCUT2D eigenvalue weighted by Gasteiger charge is -2.36. The van der Waals surface area contributed by atoms with Gasteiger partial charge < -0.3 is 35.8 Å². The van der Waals surface area contributed by atoms with Crippen molar-refractivity contribution in [1.82, 2.24) is 0 Å². The van der Waals surface area contributed by atoms with Crippen molar-refractivity contribution in [2.45, 2.75) is 24.5 Å². The first-order valence-electron chi connectivity index (χ1n) is 5.78. The van der Waals surface area contributed by atoms with E-state index in [1.807, 2.05) is 0 Å². The highest BCUT2D eigenvalue weighted by atomic mass is 35.5. The maximum atomic E-state index is 10.9. The van der Waals surface area contributed by atoms with Crippen LogP contribution in [0.4, 0.5) is 11.4 Å². The van der Waals surface area contributed by atoms with E-state index in [0.717, 1.165) is 0 Å². The van der Waals surface area contributed by atoms with Gasteiger partial charge in [-0.1, -0.05) is 11.6 Å². The topological polar surface area (TPSA) is 128 Å². The molecule has 8 nitrogen and oxygen atoms in total. The molecule has 1 aliphatic heterocycles. The summed E-state index contributed by atoms with van der Waals surface area (Å²) in [7, 11) is 0. The molecule has 0 radical (unpaired) electrons. The number of halogens is 1. The molecule has 1 aliphatic rings. The van der Waals surface area contributed by atoms with E-state index in [9.17, 15) is 20.5 Å². The lowest BCUT2D eigenvalue weighted by molar-refractivity contribution is -0.178. The van der Waals surface area contributed by atoms with Gasteiger partial charge in [-0.25, -0.2) is 0 Å². The molecule has 112 valence electrons. The predicted octanol–water partition coefficient (Wildman–Crippen LogP) is -0.116. The van der Waals surface area contributed by atoms with Crippen LogP contribution in [0, 0.1) is 5.21 Å². The average molecular weight is 306 g/mol. The Morgan fingerprint density at radius 2 is 2.00 bits per heavy atom. The first-order chi connectivity index (χ1) is 9.40. The van der Waals surface area contributed by atoms with Crippen LogP contribution in [0.3, 0.4) is 0 Å². The third-order valence-corrected chi connectivity index (χ3v) is 3.28. The number of nitrogens with zero attached hydrogens (tertiary/aromatic N) is 1. The highest BCUT2D eigenvalue weighted by Gasteiger charge is 2.37. The van der Waals surface area contributed by atoms with Crippen LogP contribution in [0.15, 0.2) is 18.2 Å². The Balaban J connectivity index is 2.12. The normalized spacial score (nSPS) is 30.1. The summed E-state index contributed by atoms with van der Waals surface area (Å²) in [4.78, 5) is 0. The number of aliphatic hydroxyl groups excluding tert-OH is 3. The second-order valence-electron chi connectivity index (χ2n) is 4.39. The van der Waals surface area contributed by atoms with Crippen LogP contribution in [0.1, 0.15) is 0 Å². The number of benzene rings is 1. The van der Waals surface area contributed by atoms with Crippen molar-refractivity contribution < 1.29 is 25.3 Å². The number of hydrogen-bond donors (Lipinski definition) is 5. The van der Waals surface area contributed by atoms with Gasteiger partial charge in [-0.15, -0.1) is 0 Å². The van der Waals surface area contributed by atoms with Crippen molar-refractivity contribution in [1.29, 1.82) is 0 Å². The van der Waals surface area contributed by atoms with Crippen molar-refractivity contribution in [3.63, 3.8) is 0 Å². The van der Waals surface area contributed by atoms with Gasteiger partial charge >= 0.3 is 0 Å². The minimum atomic E-state index is -1.35. The number of rotatable bonds is 3. The minimum Gasteiger partial charge on any atom is -0.733 e. The Kier molecular flexibility index (Phi) is 4.66. The highest BCUT2D eigenvalue weighted by molar-refractivity contribution is 6.33. The molecule has 0 amide bonds. The van der Waals surface area contributed by atoms with E-state index in [1.165, 1.54) is 18.2 Å². The fourth-order valence-corrected chi connectivity index (χ4v) is 2.04. The zero-order chi connectivity index (χ0) is 14.9. The quantitative estimate of drug-likeness (QED) is 0.489. The molecule has 0 unspecified atom stereocenters. The number of anilines is 2. The molecule has 2 rings (SSSR count). The van der Waals surface area contributed by atoms with E-state index in [-0.39, 0.29) is 22.5 Å². The summed E-state index contributed by atoms with van der Waals surface area (Å²) >= 11 is 5.72. The molecule has 1 heterocycles. The molecule has 1 fully saturated rings. The monoisotopic (exact) mass is 305 g/mol. The summed E-state index contributed by atoms with van der Waals surface area (Å²) in [5, 5.41) is 50.8. The van der Waals surface area contributed by atoms with Crippen LogP contribution >= 0.6 is 11.6 Å². The average Bonchev–Trinajstić information content (AvgIpc) is 2.41. The Hall–Kier alpha value is -1.13. The summed E-state index contributed by atoms with van der Waals surface area (Å²) in [6.07, 6.45) is -4.84. The van der Waals surface area contributed by atoms with E-state index >= 15 is 0 Å². The second kappa shape index (κ2) is 6.10. The SMILES string of the molecule is [O-]N(O)c1cc(N[C@@H]2OC[C@@H](O)[C@@H](O)[C@@H]2O)ccc1Cl. The zero-order valence-corrected chi connectivity index (χ0v) is 10.9. The summed E-state index contributed by atoms with van der Waals surface area (Å²) in [5.74, 6) is 0. The van der Waals surface area contributed by atoms with Crippen LogP contribution in [0.5, 0.6) is 0 Å². The second-order valence-corrected chi connectivity index (χ2v) is 4.79. The molecular weight excluding hydrogens is 292 g/mol. The van der Waals surface area contributed by atoms with Gasteiger partial charge in [0.05, 0.1) is 17.3 Å². The van der Waals surface area contributed by atoms with Gasteiger partial charge in [0.2, 0.25) is 0 Å². The Morgan fingerprint density at radius 3 is 2.65 bits per heavy atom. The van der Waals surface area contributed by atoms with E-state index < -0.39 is 24.5 Å². The Labute approximate surface area is 119 Å². The van der Waals surface area contributed by atoms with Gasteiger partial charge in [-0.3, -0.25) is 5.21 Å². The van der Waals surface area contributed by atoms with Gasteiger partial charge in [0.15, 0.2) is 6.23 Å². The number of aliphatic hydroxyl groups is 3. The van der Waals surface area contributed by atoms with Crippen LogP contribution in [-0.4, -0.2) is 51.7 Å². The zero-order valence-electron chi connectivity index (χ0n) is 10.2. The summed E-state index contributed by atoms with van der Waals surface area (Å²) < 4.78 is 5.15. The largest absolute Gasteiger partial charge is 0.733 e. The molecule has 0 saturated carbocycles. The molecule has 1 saturated heterocycles. The maximum absolute atomic E-state index is 10.9. The molecule has 5 N–H and O–H groups in total. The van der Waals surface area contributed by atoms with Crippen molar-refractivity contribution >= 4 is 23.0 Å². The first kappa shape index (κ1) is 15.3. The van der Waals surface area contributed by atoms with Crippen molar-refractivity contribution in [2.75, 3.05) is 17.2 Å². The molecule has 0 aliphatic carbocycles. The van der Waals surface area contributed by atoms with Gasteiger partial charge in [0.1, 0.15) is 18.3 Å². The minimum absolute atomic E-state index is 0.0496. The summed E-state index contributed by atoms with van der Waals surface area (Å²) in [6.45, 7) is -0.149.